The third-order valence-electron chi connectivity index (χ3n) is 4.87. The number of ether oxygens (including phenoxy) is 2. The van der Waals surface area contributed by atoms with Crippen LogP contribution in [0.3, 0.4) is 0 Å². The molecule has 2 amide bonds. The number of carboxylic acids is 1. The highest BCUT2D eigenvalue weighted by atomic mass is 16.6. The highest BCUT2D eigenvalue weighted by Gasteiger charge is 2.24. The zero-order valence-electron chi connectivity index (χ0n) is 19.5. The van der Waals surface area contributed by atoms with Crippen LogP contribution in [-0.2, 0) is 25.7 Å². The lowest BCUT2D eigenvalue weighted by Crippen LogP contribution is -2.45. The van der Waals surface area contributed by atoms with E-state index in [0.717, 1.165) is 28.0 Å². The van der Waals surface area contributed by atoms with Gasteiger partial charge in [0, 0.05) is 12.5 Å². The van der Waals surface area contributed by atoms with Crippen LogP contribution in [0.25, 0.3) is 16.8 Å². The second kappa shape index (κ2) is 11.5. The Labute approximate surface area is 193 Å². The van der Waals surface area contributed by atoms with Gasteiger partial charge in [0.25, 0.3) is 0 Å². The first-order valence-electron chi connectivity index (χ1n) is 10.8. The molecule has 0 unspecified atom stereocenters. The number of aliphatic carboxylic acids is 1. The van der Waals surface area contributed by atoms with Crippen LogP contribution in [0.15, 0.2) is 42.5 Å². The summed E-state index contributed by atoms with van der Waals surface area (Å²) in [6, 6.07) is 11.0. The monoisotopic (exact) mass is 456 g/mol. The van der Waals surface area contributed by atoms with Crippen LogP contribution < -0.4 is 11.1 Å². The summed E-state index contributed by atoms with van der Waals surface area (Å²) in [7, 11) is 0. The average Bonchev–Trinajstić information content (AvgIpc) is 2.71. The van der Waals surface area contributed by atoms with E-state index in [0.29, 0.717) is 6.42 Å². The molecule has 33 heavy (non-hydrogen) atoms. The molecule has 8 nitrogen and oxygen atoms in total. The molecular weight excluding hydrogens is 424 g/mol. The van der Waals surface area contributed by atoms with E-state index in [4.69, 9.17) is 20.3 Å². The van der Waals surface area contributed by atoms with Gasteiger partial charge in [-0.2, -0.15) is 0 Å². The Morgan fingerprint density at radius 1 is 1.18 bits per heavy atom. The Balaban J connectivity index is 2.09. The zero-order chi connectivity index (χ0) is 24.6. The largest absolute Gasteiger partial charge is 0.478 e. The molecule has 2 rings (SSSR count). The van der Waals surface area contributed by atoms with Crippen LogP contribution >= 0.6 is 0 Å². The maximum absolute atomic E-state index is 12.2. The van der Waals surface area contributed by atoms with Gasteiger partial charge < -0.3 is 25.6 Å². The van der Waals surface area contributed by atoms with Gasteiger partial charge in [-0.3, -0.25) is 4.79 Å². The van der Waals surface area contributed by atoms with Crippen LogP contribution in [0.5, 0.6) is 0 Å². The van der Waals surface area contributed by atoms with Crippen LogP contribution in [0, 0.1) is 0 Å². The molecule has 0 heterocycles. The summed E-state index contributed by atoms with van der Waals surface area (Å²) in [5.41, 5.74) is 6.36. The highest BCUT2D eigenvalue weighted by Crippen LogP contribution is 2.22. The van der Waals surface area contributed by atoms with E-state index >= 15 is 0 Å². The number of carbonyl (C=O) groups is 3. The summed E-state index contributed by atoms with van der Waals surface area (Å²) in [6.07, 6.45) is 2.12. The number of rotatable bonds is 10. The second-order valence-corrected chi connectivity index (χ2v) is 8.85. The topological polar surface area (TPSA) is 128 Å². The molecule has 2 aromatic carbocycles. The zero-order valence-corrected chi connectivity index (χ0v) is 19.5. The minimum atomic E-state index is -1.00. The van der Waals surface area contributed by atoms with Crippen molar-refractivity contribution in [3.63, 3.8) is 0 Å². The van der Waals surface area contributed by atoms with E-state index in [2.05, 4.69) is 5.32 Å². The minimum Gasteiger partial charge on any atom is -0.478 e. The number of fused-ring (bicyclic) bond motifs is 1. The highest BCUT2D eigenvalue weighted by molar-refractivity contribution is 5.94. The van der Waals surface area contributed by atoms with Crippen molar-refractivity contribution in [2.75, 3.05) is 0 Å². The summed E-state index contributed by atoms with van der Waals surface area (Å²) in [6.45, 7) is 7.42. The molecule has 0 aromatic heterocycles. The lowest BCUT2D eigenvalue weighted by atomic mass is 10.0. The number of hydrogen-bond donors (Lipinski definition) is 3. The van der Waals surface area contributed by atoms with Gasteiger partial charge in [0.15, 0.2) is 0 Å². The molecule has 178 valence electrons. The van der Waals surface area contributed by atoms with Crippen molar-refractivity contribution in [1.29, 1.82) is 0 Å². The maximum atomic E-state index is 12.2. The fourth-order valence-electron chi connectivity index (χ4n) is 3.28. The summed E-state index contributed by atoms with van der Waals surface area (Å²) in [4.78, 5) is 34.3. The average molecular weight is 457 g/mol. The fraction of sp³-hybridized carbons (Fsp3) is 0.400. The van der Waals surface area contributed by atoms with Gasteiger partial charge in [-0.1, -0.05) is 30.3 Å². The number of nitrogens with one attached hydrogen (secondary N) is 1. The van der Waals surface area contributed by atoms with E-state index in [-0.39, 0.29) is 13.0 Å². The van der Waals surface area contributed by atoms with Crippen molar-refractivity contribution in [2.24, 2.45) is 5.73 Å². The Morgan fingerprint density at radius 3 is 2.55 bits per heavy atom. The predicted molar refractivity (Wildman–Crippen MR) is 126 cm³/mol. The van der Waals surface area contributed by atoms with E-state index in [1.165, 1.54) is 0 Å². The normalized spacial score (nSPS) is 13.6. The number of carbonyl (C=O) groups excluding carboxylic acids is 2. The fourth-order valence-corrected chi connectivity index (χ4v) is 3.28. The Morgan fingerprint density at radius 2 is 1.91 bits per heavy atom. The smallest absolute Gasteiger partial charge is 0.407 e. The van der Waals surface area contributed by atoms with E-state index in [9.17, 15) is 14.4 Å². The van der Waals surface area contributed by atoms with Gasteiger partial charge in [-0.05, 0) is 68.2 Å². The maximum Gasteiger partial charge on any atom is 0.407 e. The lowest BCUT2D eigenvalue weighted by molar-refractivity contribution is -0.131. The van der Waals surface area contributed by atoms with Crippen molar-refractivity contribution >= 4 is 34.8 Å². The summed E-state index contributed by atoms with van der Waals surface area (Å²) < 4.78 is 11.3. The quantitative estimate of drug-likeness (QED) is 0.464. The third kappa shape index (κ3) is 8.94. The number of alkyl carbamates (subject to hydrolysis) is 1. The third-order valence-corrected chi connectivity index (χ3v) is 4.87. The van der Waals surface area contributed by atoms with Gasteiger partial charge in [-0.15, -0.1) is 0 Å². The Kier molecular flexibility index (Phi) is 8.99. The minimum absolute atomic E-state index is 0.108. The molecule has 0 aliphatic heterocycles. The predicted octanol–water partition coefficient (Wildman–Crippen LogP) is 4.00. The Bertz CT molecular complexity index is 1030. The van der Waals surface area contributed by atoms with Crippen molar-refractivity contribution in [3.05, 3.63) is 53.6 Å². The molecule has 8 heteroatoms. The van der Waals surface area contributed by atoms with Crippen LogP contribution in [0.2, 0.25) is 0 Å². The van der Waals surface area contributed by atoms with Crippen molar-refractivity contribution < 1.29 is 29.0 Å². The van der Waals surface area contributed by atoms with Gasteiger partial charge in [0.05, 0.1) is 18.8 Å². The van der Waals surface area contributed by atoms with Crippen molar-refractivity contribution in [3.8, 4) is 0 Å². The number of carboxylic acid groups (broad SMARTS) is 1. The van der Waals surface area contributed by atoms with Crippen LogP contribution in [-0.4, -0.2) is 40.8 Å². The summed E-state index contributed by atoms with van der Waals surface area (Å²) in [5, 5.41) is 13.5. The number of nitrogens with two attached hydrogens (primary N) is 1. The molecule has 0 radical (unpaired) electrons. The molecule has 0 saturated heterocycles. The summed E-state index contributed by atoms with van der Waals surface area (Å²) >= 11 is 0. The molecular formula is C25H32N2O6. The standard InChI is InChI=1S/C25H32N2O6/c1-16(21(11-12-22(26)28)27-24(31)33-25(2,3)4)32-15-17-8-10-20-18(9-13-23(29)30)6-5-7-19(20)14-17/h5-10,13-14,16,21H,11-12,15H2,1-4H3,(H2,26,28)(H,27,31)(H,29,30)/b13-9+/t16-,21+/m1/s1. The van der Waals surface area contributed by atoms with Gasteiger partial charge in [0.2, 0.25) is 5.91 Å². The first-order valence-corrected chi connectivity index (χ1v) is 10.8. The Hall–Kier alpha value is -3.39. The van der Waals surface area contributed by atoms with E-state index in [1.54, 1.807) is 26.8 Å². The number of primary amides is 1. The SMILES string of the molecule is C[C@@H](OCc1ccc2c(/C=C/C(=O)O)cccc2c1)[C@H](CCC(N)=O)NC(=O)OC(C)(C)C. The number of benzene rings is 2. The molecule has 0 fully saturated rings. The molecule has 0 saturated carbocycles. The molecule has 2 atom stereocenters. The van der Waals surface area contributed by atoms with Crippen LogP contribution in [0.4, 0.5) is 4.79 Å². The molecule has 4 N–H and O–H groups in total. The van der Waals surface area contributed by atoms with Crippen molar-refractivity contribution in [1.82, 2.24) is 5.32 Å². The first kappa shape index (κ1) is 25.9. The lowest BCUT2D eigenvalue weighted by Gasteiger charge is -2.27. The van der Waals surface area contributed by atoms with Crippen LogP contribution in [0.1, 0.15) is 51.7 Å². The van der Waals surface area contributed by atoms with E-state index < -0.39 is 35.7 Å². The molecule has 0 spiro atoms. The van der Waals surface area contributed by atoms with Crippen molar-refractivity contribution in [2.45, 2.75) is 64.9 Å². The molecule has 0 bridgehead atoms. The second-order valence-electron chi connectivity index (χ2n) is 8.85. The van der Waals surface area contributed by atoms with Gasteiger partial charge in [0.1, 0.15) is 5.60 Å². The van der Waals surface area contributed by atoms with E-state index in [1.807, 2.05) is 43.3 Å². The van der Waals surface area contributed by atoms with Gasteiger partial charge >= 0.3 is 12.1 Å². The molecule has 0 aliphatic rings. The number of amides is 2. The number of hydrogen-bond acceptors (Lipinski definition) is 5. The van der Waals surface area contributed by atoms with Gasteiger partial charge in [-0.25, -0.2) is 9.59 Å². The molecule has 0 aliphatic carbocycles. The first-order chi connectivity index (χ1) is 15.4. The molecule has 2 aromatic rings. The summed E-state index contributed by atoms with van der Waals surface area (Å²) in [5.74, 6) is -1.46.